The van der Waals surface area contributed by atoms with Gasteiger partial charge in [0, 0.05) is 17.7 Å². The summed E-state index contributed by atoms with van der Waals surface area (Å²) in [6.45, 7) is 3.93. The monoisotopic (exact) mass is 228 g/mol. The molecule has 0 aromatic carbocycles. The van der Waals surface area contributed by atoms with Gasteiger partial charge >= 0.3 is 17.9 Å². The van der Waals surface area contributed by atoms with Gasteiger partial charge < -0.3 is 14.6 Å². The van der Waals surface area contributed by atoms with Crippen LogP contribution in [0.15, 0.2) is 24.3 Å². The Morgan fingerprint density at radius 2 is 1.94 bits per heavy atom. The van der Waals surface area contributed by atoms with Gasteiger partial charge in [-0.05, 0) is 6.92 Å². The second kappa shape index (κ2) is 7.36. The average Bonchev–Trinajstić information content (AvgIpc) is 2.25. The van der Waals surface area contributed by atoms with E-state index in [4.69, 9.17) is 5.11 Å². The van der Waals surface area contributed by atoms with Crippen LogP contribution in [0.1, 0.15) is 6.92 Å². The first-order chi connectivity index (χ1) is 7.51. The van der Waals surface area contributed by atoms with Crippen molar-refractivity contribution >= 4 is 17.9 Å². The third-order valence-electron chi connectivity index (χ3n) is 1.35. The van der Waals surface area contributed by atoms with Crippen molar-refractivity contribution in [1.29, 1.82) is 0 Å². The summed E-state index contributed by atoms with van der Waals surface area (Å²) in [5.74, 6) is -2.65. The van der Waals surface area contributed by atoms with Gasteiger partial charge in [-0.2, -0.15) is 0 Å². The molecule has 0 fully saturated rings. The predicted octanol–water partition coefficient (Wildman–Crippen LogP) is -0.276. The fourth-order valence-corrected chi connectivity index (χ4v) is 0.637. The summed E-state index contributed by atoms with van der Waals surface area (Å²) in [6, 6.07) is 0. The van der Waals surface area contributed by atoms with Crippen LogP contribution in [0, 0.1) is 0 Å². The van der Waals surface area contributed by atoms with Gasteiger partial charge in [0.05, 0.1) is 6.61 Å². The molecule has 0 rings (SSSR count). The molecule has 1 N–H and O–H groups in total. The van der Waals surface area contributed by atoms with Crippen LogP contribution in [0.5, 0.6) is 0 Å². The topological polar surface area (TPSA) is 89.9 Å². The molecule has 0 radical (unpaired) electrons. The zero-order chi connectivity index (χ0) is 12.6. The zero-order valence-electron chi connectivity index (χ0n) is 8.76. The van der Waals surface area contributed by atoms with Crippen molar-refractivity contribution in [2.24, 2.45) is 0 Å². The molecule has 0 aromatic heterocycles. The van der Waals surface area contributed by atoms with Gasteiger partial charge in [0.15, 0.2) is 0 Å². The van der Waals surface area contributed by atoms with Crippen molar-refractivity contribution in [2.75, 3.05) is 13.2 Å². The summed E-state index contributed by atoms with van der Waals surface area (Å²) in [4.78, 5) is 32.7. The Bertz CT molecular complexity index is 328. The van der Waals surface area contributed by atoms with Gasteiger partial charge in [-0.15, -0.1) is 0 Å². The Morgan fingerprint density at radius 1 is 1.31 bits per heavy atom. The smallest absolute Gasteiger partial charge is 0.341 e. The highest BCUT2D eigenvalue weighted by Crippen LogP contribution is 1.98. The van der Waals surface area contributed by atoms with E-state index >= 15 is 0 Å². The Kier molecular flexibility index (Phi) is 6.46. The van der Waals surface area contributed by atoms with E-state index in [9.17, 15) is 14.4 Å². The molecule has 0 aromatic rings. The van der Waals surface area contributed by atoms with Gasteiger partial charge in [0.25, 0.3) is 0 Å². The normalized spacial score (nSPS) is 10.5. The number of hydrogen-bond donors (Lipinski definition) is 1. The molecule has 0 amide bonds. The third-order valence-corrected chi connectivity index (χ3v) is 1.35. The maximum atomic E-state index is 11.1. The fourth-order valence-electron chi connectivity index (χ4n) is 0.637. The van der Waals surface area contributed by atoms with Gasteiger partial charge in [-0.25, -0.2) is 14.4 Å². The van der Waals surface area contributed by atoms with E-state index in [0.717, 1.165) is 12.2 Å². The van der Waals surface area contributed by atoms with Crippen LogP contribution in [0.25, 0.3) is 0 Å². The second-order valence-corrected chi connectivity index (χ2v) is 2.63. The minimum absolute atomic E-state index is 0.0851. The molecule has 0 saturated heterocycles. The lowest BCUT2D eigenvalue weighted by molar-refractivity contribution is -0.153. The lowest BCUT2D eigenvalue weighted by Crippen LogP contribution is -2.13. The maximum absolute atomic E-state index is 11.1. The molecule has 0 heterocycles. The van der Waals surface area contributed by atoms with Crippen LogP contribution in [0.2, 0.25) is 0 Å². The highest BCUT2D eigenvalue weighted by atomic mass is 16.6. The summed E-state index contributed by atoms with van der Waals surface area (Å²) in [5, 5.41) is 8.36. The number of ether oxygens (including phenoxy) is 2. The van der Waals surface area contributed by atoms with Crippen molar-refractivity contribution in [3.05, 3.63) is 24.3 Å². The van der Waals surface area contributed by atoms with Crippen molar-refractivity contribution in [3.63, 3.8) is 0 Å². The van der Waals surface area contributed by atoms with Gasteiger partial charge in [0.1, 0.15) is 6.61 Å². The molecular weight excluding hydrogens is 216 g/mol. The number of aliphatic hydroxyl groups is 1. The van der Waals surface area contributed by atoms with Crippen molar-refractivity contribution in [3.8, 4) is 0 Å². The molecule has 0 aliphatic rings. The molecule has 0 atom stereocenters. The highest BCUT2D eigenvalue weighted by molar-refractivity contribution is 6.02. The molecule has 0 aliphatic carbocycles. The summed E-state index contributed by atoms with van der Waals surface area (Å²) >= 11 is 0. The Morgan fingerprint density at radius 3 is 2.44 bits per heavy atom. The first kappa shape index (κ1) is 14.1. The van der Waals surface area contributed by atoms with E-state index in [0.29, 0.717) is 0 Å². The highest BCUT2D eigenvalue weighted by Gasteiger charge is 2.11. The summed E-state index contributed by atoms with van der Waals surface area (Å²) < 4.78 is 8.71. The molecule has 0 saturated carbocycles. The third kappa shape index (κ3) is 5.71. The van der Waals surface area contributed by atoms with E-state index in [2.05, 4.69) is 16.1 Å². The molecule has 0 bridgehead atoms. The van der Waals surface area contributed by atoms with Gasteiger partial charge in [-0.1, -0.05) is 6.58 Å². The standard InChI is InChI=1S/C10H12O6/c1-3-8(12)16-10(14)7(2)6-9(13)15-5-4-11/h3,6,11H,1,4-5H2,2H3/b7-6-. The van der Waals surface area contributed by atoms with Crippen LogP contribution in [-0.2, 0) is 23.9 Å². The van der Waals surface area contributed by atoms with Crippen LogP contribution in [0.4, 0.5) is 0 Å². The first-order valence-corrected chi connectivity index (χ1v) is 4.35. The molecule has 0 aliphatic heterocycles. The number of carbonyl (C=O) groups is 3. The number of esters is 3. The van der Waals surface area contributed by atoms with Crippen LogP contribution < -0.4 is 0 Å². The molecular formula is C10H12O6. The van der Waals surface area contributed by atoms with Crippen LogP contribution >= 0.6 is 0 Å². The molecule has 0 unspecified atom stereocenters. The minimum atomic E-state index is -0.953. The predicted molar refractivity (Wildman–Crippen MR) is 53.1 cm³/mol. The van der Waals surface area contributed by atoms with E-state index in [1.165, 1.54) is 6.92 Å². The lowest BCUT2D eigenvalue weighted by Gasteiger charge is -2.01. The quantitative estimate of drug-likeness (QED) is 0.395. The zero-order valence-corrected chi connectivity index (χ0v) is 8.76. The van der Waals surface area contributed by atoms with E-state index in [1.54, 1.807) is 0 Å². The lowest BCUT2D eigenvalue weighted by atomic mass is 10.3. The number of rotatable bonds is 5. The van der Waals surface area contributed by atoms with E-state index in [1.807, 2.05) is 0 Å². The van der Waals surface area contributed by atoms with Crippen LogP contribution in [-0.4, -0.2) is 36.2 Å². The molecule has 0 spiro atoms. The fraction of sp³-hybridized carbons (Fsp3) is 0.300. The van der Waals surface area contributed by atoms with Gasteiger partial charge in [-0.3, -0.25) is 0 Å². The summed E-state index contributed by atoms with van der Waals surface area (Å²) in [5.41, 5.74) is -0.0851. The van der Waals surface area contributed by atoms with E-state index < -0.39 is 17.9 Å². The van der Waals surface area contributed by atoms with Crippen molar-refractivity contribution < 1.29 is 29.0 Å². The van der Waals surface area contributed by atoms with Crippen molar-refractivity contribution in [2.45, 2.75) is 6.92 Å². The Labute approximate surface area is 92.2 Å². The van der Waals surface area contributed by atoms with Gasteiger partial charge in [0.2, 0.25) is 0 Å². The largest absolute Gasteiger partial charge is 0.460 e. The average molecular weight is 228 g/mol. The number of aliphatic hydroxyl groups excluding tert-OH is 1. The van der Waals surface area contributed by atoms with E-state index in [-0.39, 0.29) is 18.8 Å². The first-order valence-electron chi connectivity index (χ1n) is 4.35. The molecule has 6 heteroatoms. The molecule has 6 nitrogen and oxygen atoms in total. The Balaban J connectivity index is 4.30. The summed E-state index contributed by atoms with van der Waals surface area (Å²) in [7, 11) is 0. The SMILES string of the molecule is C=CC(=O)OC(=O)/C(C)=C\C(=O)OCCO. The minimum Gasteiger partial charge on any atom is -0.460 e. The van der Waals surface area contributed by atoms with Crippen LogP contribution in [0.3, 0.4) is 0 Å². The second-order valence-electron chi connectivity index (χ2n) is 2.63. The summed E-state index contributed by atoms with van der Waals surface area (Å²) in [6.07, 6.45) is 1.70. The molecule has 16 heavy (non-hydrogen) atoms. The Hall–Kier alpha value is -1.95. The number of hydrogen-bond acceptors (Lipinski definition) is 6. The number of carbonyl (C=O) groups excluding carboxylic acids is 3. The maximum Gasteiger partial charge on any atom is 0.341 e. The van der Waals surface area contributed by atoms with Crippen molar-refractivity contribution in [1.82, 2.24) is 0 Å². The molecule has 88 valence electrons.